The normalized spacial score (nSPS) is 15.1. The molecule has 0 fully saturated rings. The third-order valence-electron chi connectivity index (χ3n) is 10.6. The first-order valence-corrected chi connectivity index (χ1v) is 18.9. The predicted octanol–water partition coefficient (Wildman–Crippen LogP) is 7.47. The SMILES string of the molecule is CCc1c(C)c(C(=O)OCOC)c(C)c(C)c1OC(=O)c1c(C)c(F)c(OC(=O)c2c(C)c(C)c(OC(=O)[C@@]3(O)C(C)=CC(=O)C=C3OC)c(Br)c2O)c(CC)c1C. The van der Waals surface area contributed by atoms with Gasteiger partial charge in [-0.3, -0.25) is 4.79 Å². The second kappa shape index (κ2) is 17.6. The van der Waals surface area contributed by atoms with E-state index in [1.807, 2.05) is 6.92 Å². The minimum atomic E-state index is -2.47. The van der Waals surface area contributed by atoms with Crippen LogP contribution in [0.1, 0.15) is 102 Å². The molecule has 0 saturated carbocycles. The third kappa shape index (κ3) is 7.77. The van der Waals surface area contributed by atoms with Crippen molar-refractivity contribution in [3.05, 3.63) is 101 Å². The minimum absolute atomic E-state index is 0.0716. The third-order valence-corrected chi connectivity index (χ3v) is 11.3. The zero-order chi connectivity index (χ0) is 43.7. The number of aromatic hydroxyl groups is 1. The van der Waals surface area contributed by atoms with E-state index in [0.717, 1.165) is 12.2 Å². The number of allylic oxidation sites excluding steroid dienone is 2. The van der Waals surface area contributed by atoms with Crippen LogP contribution in [0.15, 0.2) is 28.0 Å². The molecule has 13 nitrogen and oxygen atoms in total. The molecule has 0 heterocycles. The fourth-order valence-corrected chi connectivity index (χ4v) is 7.67. The Morgan fingerprint density at radius 3 is 1.74 bits per heavy atom. The fraction of sp³-hybridized carbons (Fsp3) is 0.372. The summed E-state index contributed by atoms with van der Waals surface area (Å²) in [5.74, 6) is -6.99. The summed E-state index contributed by atoms with van der Waals surface area (Å²) >= 11 is 3.18. The lowest BCUT2D eigenvalue weighted by Gasteiger charge is -2.30. The molecule has 0 spiro atoms. The standard InChI is InChI=1S/C43H46BrFO13/c1-13-27-23(8)30(39(48)55-17-53-11)19(4)21(6)36(27)56-40(49)31-24(9)28(14-2)38(34(45)25(31)10)57-41(50)32-20(5)22(7)37(33(44)35(32)47)58-42(51)43(52)18(3)15-26(46)16-29(43)54-12/h15-16,47,52H,13-14,17H2,1-12H3/t43-/m1/s1. The Morgan fingerprint density at radius 1 is 0.690 bits per heavy atom. The van der Waals surface area contributed by atoms with Crippen LogP contribution in [0.25, 0.3) is 0 Å². The van der Waals surface area contributed by atoms with Gasteiger partial charge in [0.05, 0.1) is 18.2 Å². The smallest absolute Gasteiger partial charge is 0.356 e. The Bertz CT molecular complexity index is 2310. The number of ether oxygens (including phenoxy) is 6. The van der Waals surface area contributed by atoms with Gasteiger partial charge >= 0.3 is 23.9 Å². The topological polar surface area (TPSA) is 181 Å². The molecule has 0 aromatic heterocycles. The molecule has 0 bridgehead atoms. The van der Waals surface area contributed by atoms with Crippen molar-refractivity contribution in [3.8, 4) is 23.0 Å². The molecule has 3 aromatic carbocycles. The van der Waals surface area contributed by atoms with E-state index in [2.05, 4.69) is 15.9 Å². The molecule has 0 aliphatic heterocycles. The number of methoxy groups -OCH3 is 2. The highest BCUT2D eigenvalue weighted by atomic mass is 79.9. The summed E-state index contributed by atoms with van der Waals surface area (Å²) in [7, 11) is 2.56. The fourth-order valence-electron chi connectivity index (χ4n) is 7.09. The van der Waals surface area contributed by atoms with E-state index in [9.17, 15) is 34.2 Å². The second-order valence-electron chi connectivity index (χ2n) is 13.8. The molecule has 1 aliphatic carbocycles. The van der Waals surface area contributed by atoms with Crippen molar-refractivity contribution in [2.75, 3.05) is 21.0 Å². The van der Waals surface area contributed by atoms with Crippen LogP contribution in [0, 0.1) is 54.3 Å². The van der Waals surface area contributed by atoms with Crippen LogP contribution >= 0.6 is 15.9 Å². The zero-order valence-corrected chi connectivity index (χ0v) is 36.0. The van der Waals surface area contributed by atoms with Gasteiger partial charge in [-0.1, -0.05) is 13.8 Å². The van der Waals surface area contributed by atoms with Crippen molar-refractivity contribution in [3.63, 3.8) is 0 Å². The van der Waals surface area contributed by atoms with E-state index < -0.39 is 52.6 Å². The van der Waals surface area contributed by atoms with E-state index in [1.165, 1.54) is 41.9 Å². The molecule has 0 unspecified atom stereocenters. The number of carbonyl (C=O) groups excluding carboxylic acids is 5. The Morgan fingerprint density at radius 2 is 1.19 bits per heavy atom. The van der Waals surface area contributed by atoms with Crippen molar-refractivity contribution >= 4 is 45.6 Å². The number of hydrogen-bond acceptors (Lipinski definition) is 13. The number of ketones is 1. The summed E-state index contributed by atoms with van der Waals surface area (Å²) < 4.78 is 48.6. The van der Waals surface area contributed by atoms with E-state index in [4.69, 9.17) is 28.4 Å². The van der Waals surface area contributed by atoms with Crippen LogP contribution in [0.2, 0.25) is 0 Å². The molecule has 3 aromatic rings. The van der Waals surface area contributed by atoms with Crippen molar-refractivity contribution < 1.29 is 67.0 Å². The van der Waals surface area contributed by atoms with Crippen LogP contribution < -0.4 is 14.2 Å². The predicted molar refractivity (Wildman–Crippen MR) is 212 cm³/mol. The molecule has 2 N–H and O–H groups in total. The first-order valence-electron chi connectivity index (χ1n) is 18.1. The molecule has 310 valence electrons. The molecular weight excluding hydrogens is 823 g/mol. The molecule has 15 heteroatoms. The van der Waals surface area contributed by atoms with Crippen LogP contribution in [0.5, 0.6) is 23.0 Å². The first-order chi connectivity index (χ1) is 27.1. The molecule has 0 amide bonds. The van der Waals surface area contributed by atoms with Crippen molar-refractivity contribution in [1.29, 1.82) is 0 Å². The lowest BCUT2D eigenvalue weighted by atomic mass is 9.87. The maximum atomic E-state index is 16.4. The monoisotopic (exact) mass is 868 g/mol. The molecule has 0 saturated heterocycles. The zero-order valence-electron chi connectivity index (χ0n) is 34.4. The lowest BCUT2D eigenvalue weighted by molar-refractivity contribution is -0.151. The van der Waals surface area contributed by atoms with Crippen molar-refractivity contribution in [2.45, 2.75) is 87.7 Å². The molecule has 1 aliphatic rings. The van der Waals surface area contributed by atoms with Gasteiger partial charge in [0.1, 0.15) is 27.3 Å². The van der Waals surface area contributed by atoms with Crippen LogP contribution in [0.3, 0.4) is 0 Å². The van der Waals surface area contributed by atoms with E-state index >= 15 is 4.39 Å². The largest absolute Gasteiger partial charge is 0.506 e. The van der Waals surface area contributed by atoms with Crippen molar-refractivity contribution in [1.82, 2.24) is 0 Å². The van der Waals surface area contributed by atoms with Gasteiger partial charge in [0, 0.05) is 24.3 Å². The van der Waals surface area contributed by atoms with Gasteiger partial charge in [-0.2, -0.15) is 0 Å². The maximum Gasteiger partial charge on any atom is 0.356 e. The molecular formula is C43H46BrFO13. The molecule has 58 heavy (non-hydrogen) atoms. The number of esters is 4. The quantitative estimate of drug-likeness (QED) is 0.104. The van der Waals surface area contributed by atoms with E-state index in [0.29, 0.717) is 34.2 Å². The summed E-state index contributed by atoms with van der Waals surface area (Å²) in [5.41, 5.74) is 0.0550. The van der Waals surface area contributed by atoms with Gasteiger partial charge in [-0.25, -0.2) is 23.6 Å². The number of carbonyl (C=O) groups is 5. The summed E-state index contributed by atoms with van der Waals surface area (Å²) in [6, 6.07) is 0. The Hall–Kier alpha value is -5.38. The van der Waals surface area contributed by atoms with Gasteiger partial charge in [-0.05, 0) is 135 Å². The van der Waals surface area contributed by atoms with Gasteiger partial charge < -0.3 is 38.6 Å². The number of aliphatic hydroxyl groups is 1. The van der Waals surface area contributed by atoms with Gasteiger partial charge in [0.15, 0.2) is 29.9 Å². The summed E-state index contributed by atoms with van der Waals surface area (Å²) in [6.45, 7) is 15.6. The first kappa shape index (κ1) is 45.3. The van der Waals surface area contributed by atoms with Gasteiger partial charge in [0.25, 0.3) is 0 Å². The van der Waals surface area contributed by atoms with Gasteiger partial charge in [0.2, 0.25) is 5.60 Å². The molecule has 1 atom stereocenters. The Labute approximate surface area is 343 Å². The Balaban J connectivity index is 1.73. The summed E-state index contributed by atoms with van der Waals surface area (Å²) in [4.78, 5) is 66.2. The Kier molecular flexibility index (Phi) is 13.8. The highest BCUT2D eigenvalue weighted by Crippen LogP contribution is 2.45. The molecule has 4 rings (SSSR count). The minimum Gasteiger partial charge on any atom is -0.506 e. The highest BCUT2D eigenvalue weighted by molar-refractivity contribution is 9.10. The lowest BCUT2D eigenvalue weighted by Crippen LogP contribution is -2.47. The summed E-state index contributed by atoms with van der Waals surface area (Å²) in [6.07, 6.45) is 2.49. The number of halogens is 2. The van der Waals surface area contributed by atoms with Crippen molar-refractivity contribution in [2.24, 2.45) is 0 Å². The van der Waals surface area contributed by atoms with Crippen LogP contribution in [-0.2, 0) is 36.6 Å². The second-order valence-corrected chi connectivity index (χ2v) is 14.6. The average molecular weight is 870 g/mol. The van der Waals surface area contributed by atoms with Crippen LogP contribution in [-0.4, -0.2) is 66.5 Å². The van der Waals surface area contributed by atoms with Crippen LogP contribution in [0.4, 0.5) is 4.39 Å². The van der Waals surface area contributed by atoms with E-state index in [-0.39, 0.29) is 79.5 Å². The van der Waals surface area contributed by atoms with E-state index in [1.54, 1.807) is 34.6 Å². The number of rotatable bonds is 12. The number of benzene rings is 3. The number of phenols is 1. The highest BCUT2D eigenvalue weighted by Gasteiger charge is 2.48. The van der Waals surface area contributed by atoms with Gasteiger partial charge in [-0.15, -0.1) is 0 Å². The summed E-state index contributed by atoms with van der Waals surface area (Å²) in [5, 5.41) is 22.6. The number of hydrogen-bond donors (Lipinski definition) is 2. The average Bonchev–Trinajstić information content (AvgIpc) is 3.17. The maximum absolute atomic E-state index is 16.4. The number of phenolic OH excluding ortho intramolecular Hbond substituents is 1. The molecule has 0 radical (unpaired) electrons.